The largest absolute Gasteiger partial charge is 0.464 e. The number of benzene rings is 1. The maximum atomic E-state index is 12.8. The zero-order chi connectivity index (χ0) is 16.8. The fraction of sp³-hybridized carbons (Fsp3) is 0.167. The fourth-order valence-corrected chi connectivity index (χ4v) is 3.12. The van der Waals surface area contributed by atoms with Gasteiger partial charge < -0.3 is 14.1 Å². The molecule has 0 saturated carbocycles. The fourth-order valence-electron chi connectivity index (χ4n) is 3.12. The summed E-state index contributed by atoms with van der Waals surface area (Å²) in [5.41, 5.74) is 0.988. The van der Waals surface area contributed by atoms with Crippen LogP contribution < -0.4 is 15.7 Å². The van der Waals surface area contributed by atoms with Crippen LogP contribution in [0.2, 0.25) is 0 Å². The summed E-state index contributed by atoms with van der Waals surface area (Å²) in [6.45, 7) is 1.70. The summed E-state index contributed by atoms with van der Waals surface area (Å²) in [6, 6.07) is 8.45. The lowest BCUT2D eigenvalue weighted by atomic mass is 9.87. The van der Waals surface area contributed by atoms with E-state index in [0.717, 1.165) is 0 Å². The van der Waals surface area contributed by atoms with Gasteiger partial charge in [-0.15, -0.1) is 0 Å². The summed E-state index contributed by atoms with van der Waals surface area (Å²) in [7, 11) is 0. The van der Waals surface area contributed by atoms with Gasteiger partial charge in [0.15, 0.2) is 5.43 Å². The molecule has 24 heavy (non-hydrogen) atoms. The second-order valence-electron chi connectivity index (χ2n) is 5.81. The van der Waals surface area contributed by atoms with Crippen molar-refractivity contribution in [3.05, 3.63) is 74.0 Å². The highest BCUT2D eigenvalue weighted by Gasteiger charge is 2.33. The summed E-state index contributed by atoms with van der Waals surface area (Å²) in [4.78, 5) is 39.8. The van der Waals surface area contributed by atoms with E-state index in [0.29, 0.717) is 16.7 Å². The number of aromatic nitrogens is 1. The molecule has 0 saturated heterocycles. The number of ether oxygens (including phenoxy) is 1. The molecule has 0 fully saturated rings. The lowest BCUT2D eigenvalue weighted by Crippen LogP contribution is -2.30. The van der Waals surface area contributed by atoms with Crippen molar-refractivity contribution in [2.24, 2.45) is 0 Å². The molecular formula is C18H13NO5. The first-order valence-corrected chi connectivity index (χ1v) is 7.49. The summed E-state index contributed by atoms with van der Waals surface area (Å²) < 4.78 is 10.7. The summed E-state index contributed by atoms with van der Waals surface area (Å²) >= 11 is 0. The third kappa shape index (κ3) is 2.15. The van der Waals surface area contributed by atoms with Crippen LogP contribution in [-0.4, -0.2) is 11.0 Å². The second kappa shape index (κ2) is 5.19. The van der Waals surface area contributed by atoms with Crippen molar-refractivity contribution in [2.45, 2.75) is 19.3 Å². The van der Waals surface area contributed by atoms with E-state index in [4.69, 9.17) is 9.15 Å². The van der Waals surface area contributed by atoms with E-state index in [1.54, 1.807) is 37.3 Å². The number of carbonyl (C=O) groups excluding carboxylic acids is 1. The van der Waals surface area contributed by atoms with Crippen LogP contribution >= 0.6 is 0 Å². The average Bonchev–Trinajstić information content (AvgIpc) is 2.54. The predicted molar refractivity (Wildman–Crippen MR) is 86.4 cm³/mol. The van der Waals surface area contributed by atoms with Gasteiger partial charge in [0.05, 0.1) is 23.6 Å². The smallest absolute Gasteiger partial charge is 0.312 e. The number of H-pyrrole nitrogens is 1. The Morgan fingerprint density at radius 2 is 1.96 bits per heavy atom. The molecule has 0 spiro atoms. The van der Waals surface area contributed by atoms with Crippen LogP contribution in [0, 0.1) is 6.92 Å². The van der Waals surface area contributed by atoms with E-state index >= 15 is 0 Å². The summed E-state index contributed by atoms with van der Waals surface area (Å²) in [5.74, 6) is -0.971. The number of aromatic amines is 1. The zero-order valence-electron chi connectivity index (χ0n) is 12.8. The first-order valence-electron chi connectivity index (χ1n) is 7.49. The Morgan fingerprint density at radius 1 is 1.17 bits per heavy atom. The molecule has 1 atom stereocenters. The number of hydrogen-bond donors (Lipinski definition) is 1. The maximum Gasteiger partial charge on any atom is 0.312 e. The number of carbonyl (C=O) groups is 1. The van der Waals surface area contributed by atoms with Crippen LogP contribution in [0.4, 0.5) is 0 Å². The van der Waals surface area contributed by atoms with Crippen LogP contribution in [0.1, 0.15) is 29.2 Å². The Labute approximate surface area is 135 Å². The van der Waals surface area contributed by atoms with Crippen molar-refractivity contribution in [3.8, 4) is 5.75 Å². The van der Waals surface area contributed by atoms with Crippen molar-refractivity contribution in [1.82, 2.24) is 4.98 Å². The minimum Gasteiger partial charge on any atom is -0.464 e. The molecule has 2 aromatic heterocycles. The number of aryl methyl sites for hydroxylation is 1. The van der Waals surface area contributed by atoms with Crippen molar-refractivity contribution in [3.63, 3.8) is 0 Å². The van der Waals surface area contributed by atoms with E-state index in [-0.39, 0.29) is 34.3 Å². The quantitative estimate of drug-likeness (QED) is 0.694. The number of fused-ring (bicyclic) bond motifs is 2. The van der Waals surface area contributed by atoms with Gasteiger partial charge in [-0.25, -0.2) is 0 Å². The van der Waals surface area contributed by atoms with E-state index in [1.807, 2.05) is 0 Å². The number of esters is 1. The lowest BCUT2D eigenvalue weighted by Gasteiger charge is -2.23. The molecule has 3 aromatic rings. The van der Waals surface area contributed by atoms with E-state index < -0.39 is 11.9 Å². The standard InChI is InChI=1S/C18H13NO5/c1-9-6-14-16(18(22)19-9)11(7-15(20)24-14)12-8-23-13-5-3-2-4-10(13)17(12)21/h2-6,8,11H,7H2,1H3,(H,19,22)/t11-/m0/s1. The minimum absolute atomic E-state index is 0.0811. The van der Waals surface area contributed by atoms with Crippen molar-refractivity contribution >= 4 is 16.9 Å². The Hall–Kier alpha value is -3.15. The number of hydrogen-bond acceptors (Lipinski definition) is 5. The first kappa shape index (κ1) is 14.4. The van der Waals surface area contributed by atoms with Crippen LogP contribution in [0.25, 0.3) is 11.0 Å². The third-order valence-corrected chi connectivity index (χ3v) is 4.19. The van der Waals surface area contributed by atoms with Crippen LogP contribution in [0.3, 0.4) is 0 Å². The molecule has 0 amide bonds. The Morgan fingerprint density at radius 3 is 2.79 bits per heavy atom. The lowest BCUT2D eigenvalue weighted by molar-refractivity contribution is -0.135. The zero-order valence-corrected chi connectivity index (χ0v) is 12.8. The van der Waals surface area contributed by atoms with Gasteiger partial charge in [-0.1, -0.05) is 12.1 Å². The molecule has 0 radical (unpaired) electrons. The average molecular weight is 323 g/mol. The van der Waals surface area contributed by atoms with Gasteiger partial charge in [-0.05, 0) is 19.1 Å². The molecule has 6 nitrogen and oxygen atoms in total. The molecule has 1 aliphatic heterocycles. The predicted octanol–water partition coefficient (Wildman–Crippen LogP) is 2.23. The van der Waals surface area contributed by atoms with Crippen LogP contribution in [0.15, 0.2) is 50.6 Å². The van der Waals surface area contributed by atoms with Gasteiger partial charge in [-0.2, -0.15) is 0 Å². The number of pyridine rings is 1. The van der Waals surface area contributed by atoms with Gasteiger partial charge in [0.1, 0.15) is 11.3 Å². The van der Waals surface area contributed by atoms with Crippen LogP contribution in [-0.2, 0) is 4.79 Å². The molecule has 0 bridgehead atoms. The highest BCUT2D eigenvalue weighted by molar-refractivity contribution is 5.80. The van der Waals surface area contributed by atoms with Gasteiger partial charge >= 0.3 is 5.97 Å². The highest BCUT2D eigenvalue weighted by Crippen LogP contribution is 2.35. The SMILES string of the molecule is Cc1cc2c(c(=O)[nH]1)[C@H](c1coc3ccccc3c1=O)CC(=O)O2. The topological polar surface area (TPSA) is 89.4 Å². The summed E-state index contributed by atoms with van der Waals surface area (Å²) in [6.07, 6.45) is 1.25. The normalized spacial score (nSPS) is 16.7. The molecule has 1 aliphatic rings. The molecule has 1 aromatic carbocycles. The first-order chi connectivity index (χ1) is 11.5. The van der Waals surface area contributed by atoms with Crippen molar-refractivity contribution < 1.29 is 13.9 Å². The molecule has 4 rings (SSSR count). The van der Waals surface area contributed by atoms with Gasteiger partial charge in [0.2, 0.25) is 0 Å². The Bertz CT molecular complexity index is 1090. The Kier molecular flexibility index (Phi) is 3.13. The summed E-state index contributed by atoms with van der Waals surface area (Å²) in [5, 5.41) is 0.416. The highest BCUT2D eigenvalue weighted by atomic mass is 16.5. The Balaban J connectivity index is 1.99. The number of nitrogens with one attached hydrogen (secondary N) is 1. The van der Waals surface area contributed by atoms with E-state index in [1.165, 1.54) is 6.26 Å². The molecule has 120 valence electrons. The third-order valence-electron chi connectivity index (χ3n) is 4.19. The van der Waals surface area contributed by atoms with Gasteiger partial charge in [0, 0.05) is 23.2 Å². The number of rotatable bonds is 1. The van der Waals surface area contributed by atoms with Crippen molar-refractivity contribution in [2.75, 3.05) is 0 Å². The molecule has 6 heteroatoms. The molecule has 1 N–H and O–H groups in total. The van der Waals surface area contributed by atoms with E-state index in [9.17, 15) is 14.4 Å². The maximum absolute atomic E-state index is 12.8. The molecule has 3 heterocycles. The second-order valence-corrected chi connectivity index (χ2v) is 5.81. The van der Waals surface area contributed by atoms with Gasteiger partial charge in [0.25, 0.3) is 5.56 Å². The van der Waals surface area contributed by atoms with Gasteiger partial charge in [-0.3, -0.25) is 14.4 Å². The van der Waals surface area contributed by atoms with E-state index in [2.05, 4.69) is 4.98 Å². The molecule has 0 unspecified atom stereocenters. The minimum atomic E-state index is -0.688. The van der Waals surface area contributed by atoms with Crippen LogP contribution in [0.5, 0.6) is 5.75 Å². The monoisotopic (exact) mass is 323 g/mol. The molecule has 0 aliphatic carbocycles. The molecular weight excluding hydrogens is 310 g/mol. The number of para-hydroxylation sites is 1. The van der Waals surface area contributed by atoms with Crippen molar-refractivity contribution in [1.29, 1.82) is 0 Å².